The van der Waals surface area contributed by atoms with Crippen LogP contribution in [-0.2, 0) is 19.6 Å². The van der Waals surface area contributed by atoms with E-state index in [1.54, 1.807) is 19.1 Å². The van der Waals surface area contributed by atoms with Gasteiger partial charge in [0.2, 0.25) is 15.9 Å². The average molecular weight is 300 g/mol. The number of carboxylic acid groups (broad SMARTS) is 1. The molecule has 0 aliphatic rings. The summed E-state index contributed by atoms with van der Waals surface area (Å²) in [5.41, 5.74) is 5.66. The van der Waals surface area contributed by atoms with Crippen LogP contribution >= 0.6 is 0 Å². The molecule has 0 saturated carbocycles. The smallest absolute Gasteiger partial charge is 0.321 e. The zero-order chi connectivity index (χ0) is 15.3. The largest absolute Gasteiger partial charge is 0.480 e. The number of carboxylic acids is 1. The van der Waals surface area contributed by atoms with Gasteiger partial charge in [0.05, 0.1) is 4.90 Å². The summed E-state index contributed by atoms with van der Waals surface area (Å²) in [7, 11) is -3.96. The van der Waals surface area contributed by atoms with Crippen molar-refractivity contribution >= 4 is 21.9 Å². The Kier molecular flexibility index (Phi) is 5.23. The van der Waals surface area contributed by atoms with Crippen LogP contribution in [0, 0.1) is 6.92 Å². The van der Waals surface area contributed by atoms with Gasteiger partial charge in [-0.25, -0.2) is 8.42 Å². The molecule has 0 bridgehead atoms. The summed E-state index contributed by atoms with van der Waals surface area (Å²) >= 11 is 0. The second-order valence-corrected chi connectivity index (χ2v) is 6.05. The number of benzene rings is 1. The van der Waals surface area contributed by atoms with Crippen LogP contribution in [0.3, 0.4) is 0 Å². The molecule has 8 heteroatoms. The van der Waals surface area contributed by atoms with Gasteiger partial charge >= 0.3 is 5.97 Å². The normalized spacial score (nSPS) is 12.8. The van der Waals surface area contributed by atoms with E-state index in [0.717, 1.165) is 5.56 Å². The molecule has 0 aliphatic heterocycles. The van der Waals surface area contributed by atoms with Gasteiger partial charge in [0, 0.05) is 6.42 Å². The van der Waals surface area contributed by atoms with Crippen LogP contribution in [0.25, 0.3) is 0 Å². The number of hydrogen-bond acceptors (Lipinski definition) is 4. The van der Waals surface area contributed by atoms with Crippen molar-refractivity contribution in [1.29, 1.82) is 0 Å². The third-order valence-corrected chi connectivity index (χ3v) is 4.04. The number of nitrogens with two attached hydrogens (primary N) is 1. The van der Waals surface area contributed by atoms with Crippen molar-refractivity contribution in [2.45, 2.75) is 30.7 Å². The number of amides is 1. The molecule has 0 aromatic heterocycles. The lowest BCUT2D eigenvalue weighted by Crippen LogP contribution is -2.41. The molecule has 0 heterocycles. The van der Waals surface area contributed by atoms with Crippen molar-refractivity contribution in [3.63, 3.8) is 0 Å². The lowest BCUT2D eigenvalue weighted by molar-refractivity contribution is -0.139. The van der Waals surface area contributed by atoms with Gasteiger partial charge in [0.15, 0.2) is 0 Å². The van der Waals surface area contributed by atoms with E-state index < -0.39 is 27.9 Å². The van der Waals surface area contributed by atoms with Gasteiger partial charge in [0.1, 0.15) is 6.04 Å². The maximum atomic E-state index is 12.1. The first-order valence-corrected chi connectivity index (χ1v) is 7.31. The van der Waals surface area contributed by atoms with Crippen LogP contribution in [-0.4, -0.2) is 31.4 Å². The molecular weight excluding hydrogens is 284 g/mol. The highest BCUT2D eigenvalue weighted by molar-refractivity contribution is 7.89. The number of nitrogens with one attached hydrogen (secondary N) is 1. The summed E-state index contributed by atoms with van der Waals surface area (Å²) in [4.78, 5) is 21.6. The summed E-state index contributed by atoms with van der Waals surface area (Å²) in [5.74, 6) is -2.05. The van der Waals surface area contributed by atoms with E-state index >= 15 is 0 Å². The molecule has 0 aliphatic carbocycles. The first kappa shape index (κ1) is 16.1. The maximum Gasteiger partial charge on any atom is 0.321 e. The fraction of sp³-hybridized carbons (Fsp3) is 0.333. The van der Waals surface area contributed by atoms with E-state index in [1.165, 1.54) is 12.1 Å². The molecule has 110 valence electrons. The zero-order valence-electron chi connectivity index (χ0n) is 10.9. The summed E-state index contributed by atoms with van der Waals surface area (Å²) in [6.45, 7) is 1.72. The minimum Gasteiger partial charge on any atom is -0.480 e. The Bertz CT molecular complexity index is 612. The van der Waals surface area contributed by atoms with Crippen molar-refractivity contribution in [3.05, 3.63) is 29.8 Å². The van der Waals surface area contributed by atoms with Crippen LogP contribution in [0.4, 0.5) is 0 Å². The topological polar surface area (TPSA) is 127 Å². The lowest BCUT2D eigenvalue weighted by atomic mass is 10.2. The average Bonchev–Trinajstić information content (AvgIpc) is 2.34. The molecular formula is C12H16N2O5S. The fourth-order valence-electron chi connectivity index (χ4n) is 1.56. The Labute approximate surface area is 116 Å². The van der Waals surface area contributed by atoms with E-state index in [-0.39, 0.29) is 17.7 Å². The van der Waals surface area contributed by atoms with Crippen molar-refractivity contribution in [1.82, 2.24) is 4.72 Å². The van der Waals surface area contributed by atoms with Crippen molar-refractivity contribution < 1.29 is 23.1 Å². The number of primary amides is 1. The maximum absolute atomic E-state index is 12.1. The van der Waals surface area contributed by atoms with Gasteiger partial charge in [-0.1, -0.05) is 12.1 Å². The SMILES string of the molecule is Cc1cccc(S(=O)(=O)N[C@H](CCC(N)=O)C(=O)O)c1. The summed E-state index contributed by atoms with van der Waals surface area (Å²) in [5, 5.41) is 8.97. The Morgan fingerprint density at radius 3 is 2.55 bits per heavy atom. The molecule has 20 heavy (non-hydrogen) atoms. The fourth-order valence-corrected chi connectivity index (χ4v) is 2.89. The quantitative estimate of drug-likeness (QED) is 0.653. The summed E-state index contributed by atoms with van der Waals surface area (Å²) < 4.78 is 26.2. The molecule has 4 N–H and O–H groups in total. The first-order chi connectivity index (χ1) is 9.22. The monoisotopic (exact) mass is 300 g/mol. The zero-order valence-corrected chi connectivity index (χ0v) is 11.7. The third kappa shape index (κ3) is 4.63. The number of carbonyl (C=O) groups excluding carboxylic acids is 1. The highest BCUT2D eigenvalue weighted by Gasteiger charge is 2.25. The number of carbonyl (C=O) groups is 2. The van der Waals surface area contributed by atoms with Crippen LogP contribution in [0.15, 0.2) is 29.2 Å². The molecule has 0 saturated heterocycles. The van der Waals surface area contributed by atoms with E-state index in [2.05, 4.69) is 4.72 Å². The molecule has 1 aromatic rings. The van der Waals surface area contributed by atoms with E-state index in [9.17, 15) is 18.0 Å². The molecule has 0 spiro atoms. The first-order valence-electron chi connectivity index (χ1n) is 5.82. The highest BCUT2D eigenvalue weighted by Crippen LogP contribution is 2.12. The summed E-state index contributed by atoms with van der Waals surface area (Å²) in [6.07, 6.45) is -0.414. The predicted molar refractivity (Wildman–Crippen MR) is 71.4 cm³/mol. The van der Waals surface area contributed by atoms with Crippen LogP contribution in [0.2, 0.25) is 0 Å². The molecule has 0 unspecified atom stereocenters. The van der Waals surface area contributed by atoms with Crippen molar-refractivity contribution in [3.8, 4) is 0 Å². The van der Waals surface area contributed by atoms with Gasteiger partial charge in [0.25, 0.3) is 0 Å². The number of rotatable bonds is 7. The molecule has 1 atom stereocenters. The van der Waals surface area contributed by atoms with Gasteiger partial charge in [-0.2, -0.15) is 4.72 Å². The Hall–Kier alpha value is -1.93. The van der Waals surface area contributed by atoms with Crippen molar-refractivity contribution in [2.24, 2.45) is 5.73 Å². The molecule has 1 aromatic carbocycles. The molecule has 0 radical (unpaired) electrons. The van der Waals surface area contributed by atoms with Gasteiger partial charge in [-0.15, -0.1) is 0 Å². The second kappa shape index (κ2) is 6.49. The van der Waals surface area contributed by atoms with E-state index in [1.807, 2.05) is 0 Å². The number of hydrogen-bond donors (Lipinski definition) is 3. The highest BCUT2D eigenvalue weighted by atomic mass is 32.2. The molecule has 1 rings (SSSR count). The minimum atomic E-state index is -3.96. The Balaban J connectivity index is 2.91. The van der Waals surface area contributed by atoms with Crippen LogP contribution in [0.5, 0.6) is 0 Å². The third-order valence-electron chi connectivity index (χ3n) is 2.57. The predicted octanol–water partition coefficient (Wildman–Crippen LogP) is -0.00798. The van der Waals surface area contributed by atoms with Gasteiger partial charge in [-0.3, -0.25) is 9.59 Å². The lowest BCUT2D eigenvalue weighted by Gasteiger charge is -2.14. The Morgan fingerprint density at radius 2 is 2.05 bits per heavy atom. The second-order valence-electron chi connectivity index (χ2n) is 4.33. The molecule has 7 nitrogen and oxygen atoms in total. The molecule has 0 fully saturated rings. The van der Waals surface area contributed by atoms with E-state index in [4.69, 9.17) is 10.8 Å². The minimum absolute atomic E-state index is 0.0252. The Morgan fingerprint density at radius 1 is 1.40 bits per heavy atom. The van der Waals surface area contributed by atoms with Crippen molar-refractivity contribution in [2.75, 3.05) is 0 Å². The molecule has 1 amide bonds. The van der Waals surface area contributed by atoms with E-state index in [0.29, 0.717) is 0 Å². The standard InChI is InChI=1S/C12H16N2O5S/c1-8-3-2-4-9(7-8)20(18,19)14-10(12(16)17)5-6-11(13)15/h2-4,7,10,14H,5-6H2,1H3,(H2,13,15)(H,16,17)/t10-/m1/s1. The van der Waals surface area contributed by atoms with Crippen LogP contribution < -0.4 is 10.5 Å². The number of aryl methyl sites for hydroxylation is 1. The summed E-state index contributed by atoms with van der Waals surface area (Å²) in [6, 6.07) is 4.68. The number of aliphatic carboxylic acids is 1. The van der Waals surface area contributed by atoms with Gasteiger partial charge < -0.3 is 10.8 Å². The number of sulfonamides is 1. The van der Waals surface area contributed by atoms with Crippen LogP contribution in [0.1, 0.15) is 18.4 Å². The van der Waals surface area contributed by atoms with Gasteiger partial charge in [-0.05, 0) is 31.0 Å².